The van der Waals surface area contributed by atoms with E-state index in [0.29, 0.717) is 33.5 Å². The second kappa shape index (κ2) is 13.0. The number of halogens is 3. The van der Waals surface area contributed by atoms with E-state index >= 15 is 0 Å². The summed E-state index contributed by atoms with van der Waals surface area (Å²) in [6.07, 6.45) is 11.8. The van der Waals surface area contributed by atoms with Crippen LogP contribution < -0.4 is 16.0 Å². The van der Waals surface area contributed by atoms with E-state index in [9.17, 15) is 13.6 Å². The van der Waals surface area contributed by atoms with Crippen LogP contribution in [-0.4, -0.2) is 50.2 Å². The first kappa shape index (κ1) is 28.4. The van der Waals surface area contributed by atoms with Crippen molar-refractivity contribution in [1.82, 2.24) is 24.6 Å². The Bertz CT molecular complexity index is 1570. The molecule has 0 atom stereocenters. The number of rotatable bonds is 9. The van der Waals surface area contributed by atoms with Gasteiger partial charge in [-0.15, -0.1) is 0 Å². The Morgan fingerprint density at radius 3 is 2.61 bits per heavy atom. The normalized spacial score (nSPS) is 13.9. The van der Waals surface area contributed by atoms with Gasteiger partial charge in [0.15, 0.2) is 0 Å². The number of aryl methyl sites for hydroxylation is 1. The van der Waals surface area contributed by atoms with Gasteiger partial charge in [-0.25, -0.2) is 13.8 Å². The molecule has 1 fully saturated rings. The average molecular weight is 624 g/mol. The first-order valence-electron chi connectivity index (χ1n) is 13.2. The Labute approximate surface area is 244 Å². The highest BCUT2D eigenvalue weighted by atomic mass is 79.9. The van der Waals surface area contributed by atoms with Crippen LogP contribution in [0.25, 0.3) is 11.1 Å². The Balaban J connectivity index is 1.38. The molecule has 1 aliphatic rings. The molecule has 9 nitrogen and oxygen atoms in total. The van der Waals surface area contributed by atoms with Crippen molar-refractivity contribution in [3.05, 3.63) is 83.2 Å². The van der Waals surface area contributed by atoms with Crippen LogP contribution in [0.2, 0.25) is 0 Å². The average Bonchev–Trinajstić information content (AvgIpc) is 3.37. The van der Waals surface area contributed by atoms with Crippen LogP contribution in [0, 0.1) is 11.6 Å². The van der Waals surface area contributed by atoms with E-state index < -0.39 is 11.6 Å². The van der Waals surface area contributed by atoms with Crippen molar-refractivity contribution in [3.63, 3.8) is 0 Å². The molecule has 2 aromatic heterocycles. The quantitative estimate of drug-likeness (QED) is 0.186. The summed E-state index contributed by atoms with van der Waals surface area (Å²) < 4.78 is 31.3. The van der Waals surface area contributed by atoms with Crippen LogP contribution in [0.4, 0.5) is 37.6 Å². The lowest BCUT2D eigenvalue weighted by atomic mass is 10.1. The molecule has 41 heavy (non-hydrogen) atoms. The molecule has 0 unspecified atom stereocenters. The highest BCUT2D eigenvalue weighted by Gasteiger charge is 2.15. The summed E-state index contributed by atoms with van der Waals surface area (Å²) in [5.41, 5.74) is 2.07. The third-order valence-electron chi connectivity index (χ3n) is 6.55. The van der Waals surface area contributed by atoms with E-state index in [1.165, 1.54) is 55.8 Å². The van der Waals surface area contributed by atoms with Gasteiger partial charge in [-0.1, -0.05) is 18.6 Å². The van der Waals surface area contributed by atoms with Crippen molar-refractivity contribution in [2.24, 2.45) is 7.05 Å². The Hall–Kier alpha value is -4.16. The summed E-state index contributed by atoms with van der Waals surface area (Å²) >= 11 is 3.17. The molecule has 0 saturated carbocycles. The van der Waals surface area contributed by atoms with E-state index in [1.807, 2.05) is 6.08 Å². The van der Waals surface area contributed by atoms with Gasteiger partial charge in [-0.05, 0) is 77.8 Å². The van der Waals surface area contributed by atoms with Crippen molar-refractivity contribution in [3.8, 4) is 11.1 Å². The van der Waals surface area contributed by atoms with Crippen LogP contribution in [-0.2, 0) is 11.8 Å². The van der Waals surface area contributed by atoms with Crippen molar-refractivity contribution in [1.29, 1.82) is 0 Å². The topological polar surface area (TPSA) is 100 Å². The molecule has 1 saturated heterocycles. The fourth-order valence-corrected chi connectivity index (χ4v) is 4.73. The summed E-state index contributed by atoms with van der Waals surface area (Å²) in [5.74, 6) is -0.870. The van der Waals surface area contributed by atoms with Gasteiger partial charge < -0.3 is 16.0 Å². The number of nitrogens with zero attached hydrogens (tertiary/aromatic N) is 5. The predicted octanol–water partition coefficient (Wildman–Crippen LogP) is 6.39. The summed E-state index contributed by atoms with van der Waals surface area (Å²) in [6.45, 7) is 2.79. The van der Waals surface area contributed by atoms with Crippen molar-refractivity contribution in [2.45, 2.75) is 19.3 Å². The fraction of sp³-hybridized carbons (Fsp3) is 0.241. The number of carbonyl (C=O) groups excluding carboxylic acids is 1. The number of hydrogen-bond donors (Lipinski definition) is 3. The number of benzene rings is 2. The molecule has 12 heteroatoms. The summed E-state index contributed by atoms with van der Waals surface area (Å²) in [5, 5.41) is 13.0. The van der Waals surface area contributed by atoms with Gasteiger partial charge in [0.25, 0.3) is 0 Å². The van der Waals surface area contributed by atoms with Gasteiger partial charge in [0.1, 0.15) is 17.5 Å². The van der Waals surface area contributed by atoms with E-state index in [2.05, 4.69) is 51.8 Å². The lowest BCUT2D eigenvalue weighted by Crippen LogP contribution is -2.29. The molecule has 5 rings (SSSR count). The third kappa shape index (κ3) is 7.53. The Morgan fingerprint density at radius 1 is 1.02 bits per heavy atom. The molecule has 0 bridgehead atoms. The number of aromatic nitrogens is 4. The molecular formula is C29H29BrF2N8O. The molecule has 3 heterocycles. The number of likely N-dealkylation sites (tertiary alicyclic amines) is 1. The van der Waals surface area contributed by atoms with Crippen molar-refractivity contribution in [2.75, 3.05) is 35.6 Å². The zero-order valence-corrected chi connectivity index (χ0v) is 24.0. The first-order chi connectivity index (χ1) is 19.8. The first-order valence-corrected chi connectivity index (χ1v) is 14.0. The minimum Gasteiger partial charge on any atom is -0.337 e. The third-order valence-corrected chi connectivity index (χ3v) is 7.19. The Morgan fingerprint density at radius 2 is 1.85 bits per heavy atom. The second-order valence-corrected chi connectivity index (χ2v) is 10.5. The van der Waals surface area contributed by atoms with Gasteiger partial charge in [0, 0.05) is 43.3 Å². The lowest BCUT2D eigenvalue weighted by molar-refractivity contribution is -0.111. The number of amides is 1. The van der Waals surface area contributed by atoms with Gasteiger partial charge in [-0.2, -0.15) is 10.1 Å². The minimum atomic E-state index is -0.558. The Kier molecular flexibility index (Phi) is 9.00. The monoisotopic (exact) mass is 622 g/mol. The molecule has 1 amide bonds. The number of carbonyl (C=O) groups is 1. The maximum atomic E-state index is 15.0. The van der Waals surface area contributed by atoms with Gasteiger partial charge in [0.05, 0.1) is 22.0 Å². The second-order valence-electron chi connectivity index (χ2n) is 9.68. The molecule has 3 N–H and O–H groups in total. The highest BCUT2D eigenvalue weighted by Crippen LogP contribution is 2.33. The summed E-state index contributed by atoms with van der Waals surface area (Å²) in [7, 11) is 1.78. The molecule has 0 radical (unpaired) electrons. The summed E-state index contributed by atoms with van der Waals surface area (Å²) in [6, 6.07) is 8.83. The van der Waals surface area contributed by atoms with Crippen molar-refractivity contribution < 1.29 is 13.6 Å². The number of anilines is 5. The van der Waals surface area contributed by atoms with E-state index in [0.717, 1.165) is 13.1 Å². The zero-order valence-electron chi connectivity index (χ0n) is 22.4. The summed E-state index contributed by atoms with van der Waals surface area (Å²) in [4.78, 5) is 23.7. The molecule has 0 aliphatic carbocycles. The van der Waals surface area contributed by atoms with Crippen LogP contribution in [0.1, 0.15) is 19.3 Å². The lowest BCUT2D eigenvalue weighted by Gasteiger charge is -2.24. The molecule has 4 aromatic rings. The largest absolute Gasteiger partial charge is 0.337 e. The van der Waals surface area contributed by atoms with Crippen molar-refractivity contribution >= 4 is 50.7 Å². The predicted molar refractivity (Wildman–Crippen MR) is 159 cm³/mol. The zero-order chi connectivity index (χ0) is 28.8. The maximum absolute atomic E-state index is 15.0. The molecule has 212 valence electrons. The number of nitrogens with one attached hydrogen (secondary N) is 3. The van der Waals surface area contributed by atoms with E-state index in [1.54, 1.807) is 36.3 Å². The minimum absolute atomic E-state index is 0.0740. The molecule has 1 aliphatic heterocycles. The van der Waals surface area contributed by atoms with Gasteiger partial charge >= 0.3 is 0 Å². The fourth-order valence-electron chi connectivity index (χ4n) is 4.49. The molecule has 2 aromatic carbocycles. The van der Waals surface area contributed by atoms with E-state index in [-0.39, 0.29) is 23.4 Å². The number of piperidine rings is 1. The smallest absolute Gasteiger partial charge is 0.248 e. The van der Waals surface area contributed by atoms with Gasteiger partial charge in [-0.3, -0.25) is 14.4 Å². The van der Waals surface area contributed by atoms with E-state index in [4.69, 9.17) is 0 Å². The standard InChI is InChI=1S/C29H29BrF2N8O/c1-39-18-21(16-34-39)36-29-33-17-22(19-7-9-23(30)25(32)14-19)28(38-29)37-26-15-20(8-10-24(26)31)35-27(41)6-5-13-40-11-3-2-4-12-40/h5-10,14-18H,2-4,11-13H2,1H3,(H,35,41)(H2,33,36,37,38)/b6-5+. The molecular weight excluding hydrogens is 594 g/mol. The van der Waals surface area contributed by atoms with Crippen LogP contribution in [0.5, 0.6) is 0 Å². The maximum Gasteiger partial charge on any atom is 0.248 e. The number of hydrogen-bond acceptors (Lipinski definition) is 7. The van der Waals surface area contributed by atoms with Crippen LogP contribution in [0.3, 0.4) is 0 Å². The van der Waals surface area contributed by atoms with Gasteiger partial charge in [0.2, 0.25) is 11.9 Å². The van der Waals surface area contributed by atoms with Crippen LogP contribution >= 0.6 is 15.9 Å². The highest BCUT2D eigenvalue weighted by molar-refractivity contribution is 9.10. The van der Waals surface area contributed by atoms with Crippen LogP contribution in [0.15, 0.2) is 71.6 Å². The molecule has 0 spiro atoms. The SMILES string of the molecule is Cn1cc(Nc2ncc(-c3ccc(Br)c(F)c3)c(Nc3cc(NC(=O)/C=C/CN4CCCCC4)ccc3F)n2)cn1.